The van der Waals surface area contributed by atoms with Gasteiger partial charge in [0.1, 0.15) is 5.75 Å². The molecule has 1 saturated heterocycles. The molecule has 0 bridgehead atoms. The van der Waals surface area contributed by atoms with Gasteiger partial charge in [0.15, 0.2) is 0 Å². The first kappa shape index (κ1) is 19.0. The highest BCUT2D eigenvalue weighted by molar-refractivity contribution is 5.20. The maximum absolute atomic E-state index is 5.68. The molecule has 2 heteroatoms. The summed E-state index contributed by atoms with van der Waals surface area (Å²) in [4.78, 5) is 0. The fourth-order valence-electron chi connectivity index (χ4n) is 2.30. The summed E-state index contributed by atoms with van der Waals surface area (Å²) in [6, 6.07) is 10.1. The predicted molar refractivity (Wildman–Crippen MR) is 94.6 cm³/mol. The predicted octanol–water partition coefficient (Wildman–Crippen LogP) is 6.00. The van der Waals surface area contributed by atoms with Crippen LogP contribution in [0.5, 0.6) is 5.75 Å². The van der Waals surface area contributed by atoms with Gasteiger partial charge in [0.25, 0.3) is 0 Å². The largest absolute Gasteiger partial charge is 0.494 e. The van der Waals surface area contributed by atoms with Crippen molar-refractivity contribution in [3.63, 3.8) is 0 Å². The molecule has 126 valence electrons. The van der Waals surface area contributed by atoms with Crippen LogP contribution in [0.4, 0.5) is 0 Å². The van der Waals surface area contributed by atoms with Crippen molar-refractivity contribution >= 4 is 0 Å². The topological polar surface area (TPSA) is 21.8 Å². The summed E-state index contributed by atoms with van der Waals surface area (Å²) in [5.41, 5.74) is 0. The van der Waals surface area contributed by atoms with Crippen LogP contribution in [-0.2, 0) is 4.74 Å². The Labute approximate surface area is 137 Å². The minimum absolute atomic E-state index is 0.862. The molecule has 0 aliphatic carbocycles. The Bertz CT molecular complexity index is 319. The second-order valence-corrected chi connectivity index (χ2v) is 5.96. The first-order chi connectivity index (χ1) is 10.9. The molecule has 1 aliphatic heterocycles. The van der Waals surface area contributed by atoms with Crippen molar-refractivity contribution in [2.75, 3.05) is 19.8 Å². The van der Waals surface area contributed by atoms with Crippen LogP contribution in [0.2, 0.25) is 0 Å². The number of para-hydroxylation sites is 1. The van der Waals surface area contributed by atoms with Crippen LogP contribution in [0.25, 0.3) is 0 Å². The van der Waals surface area contributed by atoms with E-state index in [1.807, 2.05) is 30.3 Å². The van der Waals surface area contributed by atoms with Gasteiger partial charge in [-0.1, -0.05) is 82.9 Å². The zero-order valence-corrected chi connectivity index (χ0v) is 14.4. The molecule has 0 atom stereocenters. The van der Waals surface area contributed by atoms with Gasteiger partial charge < -0.3 is 9.47 Å². The van der Waals surface area contributed by atoms with Crippen LogP contribution >= 0.6 is 0 Å². The molecule has 1 heterocycles. The average Bonchev–Trinajstić information content (AvgIpc) is 3.42. The van der Waals surface area contributed by atoms with E-state index in [2.05, 4.69) is 11.7 Å². The summed E-state index contributed by atoms with van der Waals surface area (Å²) in [6.45, 7) is 5.14. The fraction of sp³-hybridized carbons (Fsp3) is 0.700. The van der Waals surface area contributed by atoms with Gasteiger partial charge in [-0.3, -0.25) is 0 Å². The van der Waals surface area contributed by atoms with E-state index in [1.54, 1.807) is 0 Å². The molecular formula is C20H34O2. The lowest BCUT2D eigenvalue weighted by molar-refractivity contribution is 0.304. The minimum atomic E-state index is 0.862. The Morgan fingerprint density at radius 2 is 1.27 bits per heavy atom. The molecule has 1 aromatic rings. The molecule has 2 rings (SSSR count). The molecule has 2 nitrogen and oxygen atoms in total. The quantitative estimate of drug-likeness (QED) is 0.349. The summed E-state index contributed by atoms with van der Waals surface area (Å²) in [5, 5.41) is 0. The molecule has 22 heavy (non-hydrogen) atoms. The molecular weight excluding hydrogens is 272 g/mol. The molecule has 0 radical (unpaired) electrons. The van der Waals surface area contributed by atoms with Gasteiger partial charge in [-0.25, -0.2) is 0 Å². The van der Waals surface area contributed by atoms with Crippen LogP contribution in [0.1, 0.15) is 71.1 Å². The lowest BCUT2D eigenvalue weighted by Crippen LogP contribution is -1.96. The Hall–Kier alpha value is -1.02. The zero-order valence-electron chi connectivity index (χ0n) is 14.4. The van der Waals surface area contributed by atoms with Crippen molar-refractivity contribution in [1.82, 2.24) is 0 Å². The normalized spacial score (nSPS) is 12.4. The third-order valence-corrected chi connectivity index (χ3v) is 3.71. The van der Waals surface area contributed by atoms with Crippen LogP contribution in [0.15, 0.2) is 30.3 Å². The van der Waals surface area contributed by atoms with Gasteiger partial charge in [-0.2, -0.15) is 0 Å². The number of hydrogen-bond donors (Lipinski definition) is 0. The van der Waals surface area contributed by atoms with Gasteiger partial charge in [0.2, 0.25) is 0 Å². The zero-order chi connectivity index (χ0) is 15.7. The molecule has 0 unspecified atom stereocenters. The second-order valence-electron chi connectivity index (χ2n) is 5.96. The maximum Gasteiger partial charge on any atom is 0.119 e. The van der Waals surface area contributed by atoms with Gasteiger partial charge in [0.05, 0.1) is 19.8 Å². The van der Waals surface area contributed by atoms with E-state index in [1.165, 1.54) is 64.2 Å². The van der Waals surface area contributed by atoms with E-state index in [4.69, 9.17) is 4.74 Å². The minimum Gasteiger partial charge on any atom is -0.494 e. The molecule has 0 spiro atoms. The SMILES string of the molecule is C1CO1.CCCCCCCCCCCCOc1ccccc1. The van der Waals surface area contributed by atoms with E-state index in [9.17, 15) is 0 Å². The third-order valence-electron chi connectivity index (χ3n) is 3.71. The Balaban J connectivity index is 0.000000714. The van der Waals surface area contributed by atoms with Gasteiger partial charge >= 0.3 is 0 Å². The van der Waals surface area contributed by atoms with Crippen LogP contribution in [0, 0.1) is 0 Å². The van der Waals surface area contributed by atoms with E-state index in [0.29, 0.717) is 0 Å². The molecule has 1 aromatic carbocycles. The summed E-state index contributed by atoms with van der Waals surface area (Å²) in [5.74, 6) is 0.999. The van der Waals surface area contributed by atoms with Crippen molar-refractivity contribution in [3.8, 4) is 5.75 Å². The molecule has 0 aromatic heterocycles. The molecule has 0 N–H and O–H groups in total. The average molecular weight is 306 g/mol. The van der Waals surface area contributed by atoms with E-state index in [0.717, 1.165) is 25.6 Å². The number of unbranched alkanes of at least 4 members (excludes halogenated alkanes) is 9. The Kier molecular flexibility index (Phi) is 12.9. The number of ether oxygens (including phenoxy) is 2. The lowest BCUT2D eigenvalue weighted by Gasteiger charge is -2.05. The fourth-order valence-corrected chi connectivity index (χ4v) is 2.30. The van der Waals surface area contributed by atoms with Crippen molar-refractivity contribution in [2.45, 2.75) is 71.1 Å². The first-order valence-electron chi connectivity index (χ1n) is 9.19. The standard InChI is InChI=1S/C18H30O.C2H4O/c1-2-3-4-5-6-7-8-9-10-14-17-19-18-15-12-11-13-16-18;1-2-3-1/h11-13,15-16H,2-10,14,17H2,1H3;1-2H2. The summed E-state index contributed by atoms with van der Waals surface area (Å²) in [7, 11) is 0. The monoisotopic (exact) mass is 306 g/mol. The van der Waals surface area contributed by atoms with E-state index >= 15 is 0 Å². The molecule has 0 saturated carbocycles. The van der Waals surface area contributed by atoms with Crippen molar-refractivity contribution < 1.29 is 9.47 Å². The maximum atomic E-state index is 5.68. The third kappa shape index (κ3) is 13.9. The van der Waals surface area contributed by atoms with E-state index < -0.39 is 0 Å². The highest BCUT2D eigenvalue weighted by Crippen LogP contribution is 2.12. The smallest absolute Gasteiger partial charge is 0.119 e. The van der Waals surface area contributed by atoms with Crippen LogP contribution < -0.4 is 4.74 Å². The highest BCUT2D eigenvalue weighted by atomic mass is 16.6. The van der Waals surface area contributed by atoms with E-state index in [-0.39, 0.29) is 0 Å². The summed E-state index contributed by atoms with van der Waals surface area (Å²) < 4.78 is 10.2. The molecule has 1 aliphatic rings. The summed E-state index contributed by atoms with van der Waals surface area (Å²) >= 11 is 0. The van der Waals surface area contributed by atoms with Crippen molar-refractivity contribution in [1.29, 1.82) is 0 Å². The van der Waals surface area contributed by atoms with Crippen molar-refractivity contribution in [2.24, 2.45) is 0 Å². The van der Waals surface area contributed by atoms with Crippen LogP contribution in [0.3, 0.4) is 0 Å². The lowest BCUT2D eigenvalue weighted by atomic mass is 10.1. The number of rotatable bonds is 12. The Morgan fingerprint density at radius 3 is 1.77 bits per heavy atom. The number of benzene rings is 1. The number of epoxide rings is 1. The Morgan fingerprint density at radius 1 is 0.773 bits per heavy atom. The second kappa shape index (κ2) is 14.9. The first-order valence-corrected chi connectivity index (χ1v) is 9.19. The van der Waals surface area contributed by atoms with Gasteiger partial charge in [-0.15, -0.1) is 0 Å². The van der Waals surface area contributed by atoms with Crippen molar-refractivity contribution in [3.05, 3.63) is 30.3 Å². The summed E-state index contributed by atoms with van der Waals surface area (Å²) in [6.07, 6.45) is 13.7. The van der Waals surface area contributed by atoms with Crippen LogP contribution in [-0.4, -0.2) is 19.8 Å². The highest BCUT2D eigenvalue weighted by Gasteiger charge is 1.94. The molecule has 0 amide bonds. The van der Waals surface area contributed by atoms with Gasteiger partial charge in [-0.05, 0) is 18.6 Å². The van der Waals surface area contributed by atoms with Gasteiger partial charge in [0, 0.05) is 0 Å². The number of hydrogen-bond acceptors (Lipinski definition) is 2. The molecule has 1 fully saturated rings.